The molecule has 3 unspecified atom stereocenters. The van der Waals surface area contributed by atoms with E-state index in [2.05, 4.69) is 5.32 Å². The molecule has 0 bridgehead atoms. The average Bonchev–Trinajstić information content (AvgIpc) is 2.43. The molecule has 44 valence electrons. The normalized spacial score (nSPS) is 63.8. The van der Waals surface area contributed by atoms with Crippen molar-refractivity contribution in [2.45, 2.75) is 6.42 Å². The van der Waals surface area contributed by atoms with Gasteiger partial charge in [-0.05, 0) is 12.3 Å². The molecule has 2 saturated carbocycles. The predicted molar refractivity (Wildman–Crippen MR) is 29.2 cm³/mol. The second-order valence-corrected chi connectivity index (χ2v) is 3.24. The number of hydrogen-bond donors (Lipinski definition) is 1. The Bertz CT molecular complexity index is 193. The number of nitrogens with one attached hydrogen (secondary N) is 1. The molecule has 1 saturated heterocycles. The second kappa shape index (κ2) is 0.634. The van der Waals surface area contributed by atoms with Crippen LogP contribution >= 0.6 is 0 Å². The molecular formula is C6H9NO. The Morgan fingerprint density at radius 3 is 3.00 bits per heavy atom. The third-order valence-electron chi connectivity index (χ3n) is 2.97. The summed E-state index contributed by atoms with van der Waals surface area (Å²) in [6.45, 7) is 0.987. The van der Waals surface area contributed by atoms with Gasteiger partial charge in [-0.25, -0.2) is 0 Å². The first-order chi connectivity index (χ1) is 3.84. The summed E-state index contributed by atoms with van der Waals surface area (Å²) < 4.78 is 0. The van der Waals surface area contributed by atoms with Crippen LogP contribution in [-0.2, 0) is 4.79 Å². The Hall–Kier alpha value is -0.530. The zero-order valence-corrected chi connectivity index (χ0v) is 4.48. The molecule has 0 radical (unpaired) electrons. The number of amides is 1. The molecule has 3 atom stereocenters. The molecule has 1 aliphatic heterocycles. The summed E-state index contributed by atoms with van der Waals surface area (Å²) in [5, 5.41) is 2.86. The third kappa shape index (κ3) is 0.156. The van der Waals surface area contributed by atoms with Gasteiger partial charge in [0.25, 0.3) is 0 Å². The van der Waals surface area contributed by atoms with Crippen molar-refractivity contribution in [3.8, 4) is 0 Å². The highest BCUT2D eigenvalue weighted by Gasteiger charge is 2.83. The lowest BCUT2D eigenvalue weighted by Gasteiger charge is -1.90. The van der Waals surface area contributed by atoms with E-state index in [1.165, 1.54) is 6.42 Å². The van der Waals surface area contributed by atoms with Crippen LogP contribution in [0.25, 0.3) is 0 Å². The minimum atomic E-state index is 0. The Labute approximate surface area is 48.7 Å². The Morgan fingerprint density at radius 1 is 1.88 bits per heavy atom. The summed E-state index contributed by atoms with van der Waals surface area (Å²) in [6, 6.07) is 0. The van der Waals surface area contributed by atoms with Gasteiger partial charge in [0, 0.05) is 19.3 Å². The van der Waals surface area contributed by atoms with E-state index in [0.717, 1.165) is 12.5 Å². The average molecular weight is 111 g/mol. The van der Waals surface area contributed by atoms with E-state index in [1.807, 2.05) is 0 Å². The van der Waals surface area contributed by atoms with E-state index >= 15 is 0 Å². The van der Waals surface area contributed by atoms with Gasteiger partial charge >= 0.3 is 0 Å². The summed E-state index contributed by atoms with van der Waals surface area (Å²) in [6.07, 6.45) is 1.33. The zero-order chi connectivity index (χ0) is 5.35. The number of hydrogen-bond acceptors (Lipinski definition) is 1. The summed E-state index contributed by atoms with van der Waals surface area (Å²) in [5.41, 5.74) is 0.539. The van der Waals surface area contributed by atoms with Crippen molar-refractivity contribution in [3.63, 3.8) is 0 Å². The fourth-order valence-corrected chi connectivity index (χ4v) is 2.13. The van der Waals surface area contributed by atoms with Crippen LogP contribution in [0.4, 0.5) is 0 Å². The van der Waals surface area contributed by atoms with Crippen molar-refractivity contribution >= 4 is 5.91 Å². The maximum atomic E-state index is 10.7. The Morgan fingerprint density at radius 2 is 2.75 bits per heavy atom. The van der Waals surface area contributed by atoms with Crippen LogP contribution in [0.3, 0.4) is 0 Å². The molecule has 3 aliphatic rings. The number of carbonyl (C=O) groups is 1. The fourth-order valence-electron chi connectivity index (χ4n) is 2.13. The highest BCUT2D eigenvalue weighted by Crippen LogP contribution is 2.81. The van der Waals surface area contributed by atoms with Gasteiger partial charge in [0.2, 0.25) is 5.91 Å². The summed E-state index contributed by atoms with van der Waals surface area (Å²) in [5.74, 6) is 1.62. The minimum absolute atomic E-state index is 0. The Balaban J connectivity index is 0.000000333. The highest BCUT2D eigenvalue weighted by atomic mass is 16.2. The van der Waals surface area contributed by atoms with Crippen molar-refractivity contribution in [2.24, 2.45) is 17.3 Å². The van der Waals surface area contributed by atoms with Gasteiger partial charge in [-0.15, -0.1) is 0 Å². The summed E-state index contributed by atoms with van der Waals surface area (Å²) in [4.78, 5) is 10.7. The van der Waals surface area contributed by atoms with Crippen LogP contribution in [0, 0.1) is 17.3 Å². The Kier molecular flexibility index (Phi) is 0.276. The van der Waals surface area contributed by atoms with Gasteiger partial charge in [0.1, 0.15) is 0 Å². The van der Waals surface area contributed by atoms with Crippen LogP contribution in [0.1, 0.15) is 7.85 Å². The molecule has 1 amide bonds. The fraction of sp³-hybridized carbons (Fsp3) is 0.833. The van der Waals surface area contributed by atoms with Crippen LogP contribution in [0.5, 0.6) is 0 Å². The molecule has 2 heteroatoms. The van der Waals surface area contributed by atoms with E-state index in [-0.39, 0.29) is 1.43 Å². The molecule has 1 heterocycles. The number of carbonyl (C=O) groups excluding carboxylic acids is 1. The summed E-state index contributed by atoms with van der Waals surface area (Å²) in [7, 11) is 0. The molecule has 0 aromatic heterocycles. The maximum Gasteiger partial charge on any atom is 0.224 e. The van der Waals surface area contributed by atoms with E-state index in [4.69, 9.17) is 0 Å². The minimum Gasteiger partial charge on any atom is -0.355 e. The van der Waals surface area contributed by atoms with Crippen LogP contribution < -0.4 is 5.32 Å². The quantitative estimate of drug-likeness (QED) is 0.468. The van der Waals surface area contributed by atoms with Crippen molar-refractivity contribution < 1.29 is 6.22 Å². The van der Waals surface area contributed by atoms with Gasteiger partial charge in [0.05, 0.1) is 0 Å². The molecule has 8 heavy (non-hydrogen) atoms. The largest absolute Gasteiger partial charge is 0.355 e. The SMILES string of the molecule is O=C1NCC23CC2C13.[HH]. The lowest BCUT2D eigenvalue weighted by atomic mass is 10.1. The molecule has 3 fully saturated rings. The van der Waals surface area contributed by atoms with Crippen molar-refractivity contribution in [3.05, 3.63) is 0 Å². The predicted octanol–water partition coefficient (Wildman–Crippen LogP) is -0.00170. The smallest absolute Gasteiger partial charge is 0.224 e. The molecule has 2 nitrogen and oxygen atoms in total. The van der Waals surface area contributed by atoms with E-state index in [9.17, 15) is 4.79 Å². The molecule has 0 aromatic carbocycles. The van der Waals surface area contributed by atoms with E-state index in [1.54, 1.807) is 0 Å². The lowest BCUT2D eigenvalue weighted by molar-refractivity contribution is -0.121. The van der Waals surface area contributed by atoms with Gasteiger partial charge in [-0.2, -0.15) is 0 Å². The molecule has 1 spiro atoms. The van der Waals surface area contributed by atoms with Gasteiger partial charge < -0.3 is 5.32 Å². The maximum absolute atomic E-state index is 10.7. The van der Waals surface area contributed by atoms with Gasteiger partial charge in [-0.1, -0.05) is 0 Å². The molecule has 1 N–H and O–H groups in total. The zero-order valence-electron chi connectivity index (χ0n) is 4.48. The van der Waals surface area contributed by atoms with E-state index < -0.39 is 0 Å². The van der Waals surface area contributed by atoms with Crippen LogP contribution in [0.2, 0.25) is 0 Å². The van der Waals surface area contributed by atoms with Gasteiger partial charge in [0.15, 0.2) is 0 Å². The second-order valence-electron chi connectivity index (χ2n) is 3.24. The van der Waals surface area contributed by atoms with Crippen LogP contribution in [-0.4, -0.2) is 12.5 Å². The molecule has 3 rings (SSSR count). The van der Waals surface area contributed by atoms with Gasteiger partial charge in [-0.3, -0.25) is 4.79 Å². The standard InChI is InChI=1S/C6H7NO.H2/c8-5-4-3-1-6(3,4)2-7-5;/h3-4H,1-2H2,(H,7,8);1H. The van der Waals surface area contributed by atoms with Crippen molar-refractivity contribution in [1.29, 1.82) is 0 Å². The highest BCUT2D eigenvalue weighted by molar-refractivity contribution is 5.89. The first-order valence-electron chi connectivity index (χ1n) is 3.12. The van der Waals surface area contributed by atoms with E-state index in [0.29, 0.717) is 17.2 Å². The molecular weight excluding hydrogens is 102 g/mol. The third-order valence-corrected chi connectivity index (χ3v) is 2.97. The number of fused-ring (bicyclic) bond motifs is 1. The topological polar surface area (TPSA) is 29.1 Å². The van der Waals surface area contributed by atoms with Crippen LogP contribution in [0.15, 0.2) is 0 Å². The van der Waals surface area contributed by atoms with Crippen molar-refractivity contribution in [2.75, 3.05) is 6.54 Å². The molecule has 0 aromatic rings. The monoisotopic (exact) mass is 111 g/mol. The number of piperidine rings is 1. The summed E-state index contributed by atoms with van der Waals surface area (Å²) >= 11 is 0. The first kappa shape index (κ1) is 3.49. The van der Waals surface area contributed by atoms with Crippen molar-refractivity contribution in [1.82, 2.24) is 5.32 Å². The first-order valence-corrected chi connectivity index (χ1v) is 3.12. The lowest BCUT2D eigenvalue weighted by Crippen LogP contribution is -2.19. The molecule has 2 aliphatic carbocycles. The number of rotatable bonds is 0.